The van der Waals surface area contributed by atoms with Gasteiger partial charge in [0.15, 0.2) is 0 Å². The van der Waals surface area contributed by atoms with Gasteiger partial charge in [-0.1, -0.05) is 47.6 Å². The highest BCUT2D eigenvalue weighted by molar-refractivity contribution is 6.08. The lowest BCUT2D eigenvalue weighted by atomic mass is 9.89. The summed E-state index contributed by atoms with van der Waals surface area (Å²) in [6.07, 6.45) is -5.07. The lowest BCUT2D eigenvalue weighted by Crippen LogP contribution is -2.55. The van der Waals surface area contributed by atoms with Crippen molar-refractivity contribution < 1.29 is 32.0 Å². The Hall–Kier alpha value is -3.89. The highest BCUT2D eigenvalue weighted by Gasteiger charge is 2.68. The molecule has 11 heteroatoms. The minimum Gasteiger partial charge on any atom is -0.497 e. The van der Waals surface area contributed by atoms with Crippen LogP contribution in [-0.4, -0.2) is 40.3 Å². The fraction of sp³-hybridized carbons (Fsp3) is 0.200. The molecule has 1 aliphatic rings. The maximum absolute atomic E-state index is 14.0. The molecule has 3 aromatic rings. The monoisotopic (exact) mass is 432 g/mol. The molecule has 8 nitrogen and oxygen atoms in total. The van der Waals surface area contributed by atoms with Gasteiger partial charge in [0.1, 0.15) is 12.3 Å². The molecule has 2 aromatic carbocycles. The number of imide groups is 1. The molecule has 0 aliphatic carbocycles. The normalized spacial score (nSPS) is 18.9. The summed E-state index contributed by atoms with van der Waals surface area (Å²) in [6.45, 7) is -0.619. The third-order valence-electron chi connectivity index (χ3n) is 4.83. The van der Waals surface area contributed by atoms with Gasteiger partial charge in [0.2, 0.25) is 17.3 Å². The molecule has 1 aromatic heterocycles. The van der Waals surface area contributed by atoms with Gasteiger partial charge in [0, 0.05) is 5.56 Å². The Labute approximate surface area is 173 Å². The van der Waals surface area contributed by atoms with E-state index in [0.717, 1.165) is 12.1 Å². The number of nitrogens with zero attached hydrogens (tertiary/aromatic N) is 3. The zero-order valence-corrected chi connectivity index (χ0v) is 16.0. The maximum Gasteiger partial charge on any atom is 0.425 e. The molecule has 160 valence electrons. The highest BCUT2D eigenvalue weighted by atomic mass is 19.4. The lowest BCUT2D eigenvalue weighted by Gasteiger charge is -2.29. The number of amides is 3. The van der Waals surface area contributed by atoms with E-state index in [1.165, 1.54) is 25.3 Å². The molecule has 0 bridgehead atoms. The zero-order valence-electron chi connectivity index (χ0n) is 16.0. The van der Waals surface area contributed by atoms with Gasteiger partial charge in [0.05, 0.1) is 7.11 Å². The van der Waals surface area contributed by atoms with Crippen LogP contribution < -0.4 is 10.1 Å². The second kappa shape index (κ2) is 7.42. The number of carbonyl (C=O) groups excluding carboxylic acids is 2. The van der Waals surface area contributed by atoms with Gasteiger partial charge in [0.25, 0.3) is 5.91 Å². The van der Waals surface area contributed by atoms with E-state index in [0.29, 0.717) is 16.2 Å². The maximum atomic E-state index is 14.0. The van der Waals surface area contributed by atoms with Crippen LogP contribution >= 0.6 is 0 Å². The molecule has 31 heavy (non-hydrogen) atoms. The Bertz CT molecular complexity index is 1130. The first-order chi connectivity index (χ1) is 14.8. The summed E-state index contributed by atoms with van der Waals surface area (Å²) in [4.78, 5) is 29.7. The van der Waals surface area contributed by atoms with Crippen LogP contribution in [0.2, 0.25) is 0 Å². The molecule has 1 unspecified atom stereocenters. The van der Waals surface area contributed by atoms with Crippen molar-refractivity contribution in [3.8, 4) is 17.1 Å². The fourth-order valence-corrected chi connectivity index (χ4v) is 3.29. The second-order valence-corrected chi connectivity index (χ2v) is 6.68. The van der Waals surface area contributed by atoms with E-state index in [2.05, 4.69) is 10.1 Å². The SMILES string of the molecule is COc1cccc(-c2noc(CN3C(=O)NC(c4ccccc4)(C(F)(F)F)C3=O)n2)c1. The molecule has 0 saturated carbocycles. The first-order valence-electron chi connectivity index (χ1n) is 8.99. The van der Waals surface area contributed by atoms with Gasteiger partial charge < -0.3 is 14.6 Å². The highest BCUT2D eigenvalue weighted by Crippen LogP contribution is 2.43. The molecule has 1 aliphatic heterocycles. The number of carbonyl (C=O) groups is 2. The van der Waals surface area contributed by atoms with E-state index in [-0.39, 0.29) is 11.7 Å². The second-order valence-electron chi connectivity index (χ2n) is 6.68. The summed E-state index contributed by atoms with van der Waals surface area (Å²) in [5.41, 5.74) is -3.06. The van der Waals surface area contributed by atoms with Gasteiger partial charge in [-0.3, -0.25) is 9.69 Å². The third-order valence-corrected chi connectivity index (χ3v) is 4.83. The Morgan fingerprint density at radius 2 is 1.87 bits per heavy atom. The minimum atomic E-state index is -5.07. The van der Waals surface area contributed by atoms with E-state index in [9.17, 15) is 22.8 Å². The summed E-state index contributed by atoms with van der Waals surface area (Å²) < 4.78 is 52.2. The van der Waals surface area contributed by atoms with Crippen LogP contribution in [0.1, 0.15) is 11.5 Å². The first kappa shape index (κ1) is 20.4. The van der Waals surface area contributed by atoms with Crippen molar-refractivity contribution in [2.45, 2.75) is 18.3 Å². The average Bonchev–Trinajstić information content (AvgIpc) is 3.33. The van der Waals surface area contributed by atoms with E-state index in [1.807, 2.05) is 0 Å². The number of hydrogen-bond donors (Lipinski definition) is 1. The van der Waals surface area contributed by atoms with Crippen molar-refractivity contribution >= 4 is 11.9 Å². The predicted octanol–water partition coefficient (Wildman–Crippen LogP) is 3.25. The molecule has 1 N–H and O–H groups in total. The number of ether oxygens (including phenoxy) is 1. The molecule has 0 spiro atoms. The van der Waals surface area contributed by atoms with Crippen molar-refractivity contribution in [3.05, 3.63) is 66.1 Å². The Morgan fingerprint density at radius 3 is 2.55 bits per heavy atom. The average molecular weight is 432 g/mol. The van der Waals surface area contributed by atoms with Gasteiger partial charge in [-0.15, -0.1) is 0 Å². The van der Waals surface area contributed by atoms with E-state index < -0.39 is 35.8 Å². The minimum absolute atomic E-state index is 0.131. The van der Waals surface area contributed by atoms with Crippen molar-refractivity contribution in [1.82, 2.24) is 20.4 Å². The van der Waals surface area contributed by atoms with Crippen molar-refractivity contribution in [1.29, 1.82) is 0 Å². The predicted molar refractivity (Wildman–Crippen MR) is 99.5 cm³/mol. The Balaban J connectivity index is 1.64. The Kier molecular flexibility index (Phi) is 4.88. The topological polar surface area (TPSA) is 97.6 Å². The summed E-state index contributed by atoms with van der Waals surface area (Å²) in [5, 5.41) is 5.57. The Morgan fingerprint density at radius 1 is 1.13 bits per heavy atom. The number of nitrogens with one attached hydrogen (secondary N) is 1. The first-order valence-corrected chi connectivity index (χ1v) is 8.99. The molecular formula is C20H15F3N4O4. The molecular weight excluding hydrogens is 417 g/mol. The quantitative estimate of drug-likeness (QED) is 0.622. The van der Waals surface area contributed by atoms with Crippen LogP contribution in [0.5, 0.6) is 5.75 Å². The van der Waals surface area contributed by atoms with Crippen molar-refractivity contribution in [2.24, 2.45) is 0 Å². The van der Waals surface area contributed by atoms with E-state index in [4.69, 9.17) is 9.26 Å². The van der Waals surface area contributed by atoms with Crippen LogP contribution in [-0.2, 0) is 16.9 Å². The molecule has 2 heterocycles. The van der Waals surface area contributed by atoms with Crippen molar-refractivity contribution in [2.75, 3.05) is 7.11 Å². The number of aromatic nitrogens is 2. The summed E-state index contributed by atoms with van der Waals surface area (Å²) >= 11 is 0. The van der Waals surface area contributed by atoms with Crippen LogP contribution in [0.15, 0.2) is 59.1 Å². The largest absolute Gasteiger partial charge is 0.497 e. The third kappa shape index (κ3) is 3.37. The zero-order chi connectivity index (χ0) is 22.2. The van der Waals surface area contributed by atoms with Crippen LogP contribution in [0.4, 0.5) is 18.0 Å². The number of rotatable bonds is 5. The van der Waals surface area contributed by atoms with E-state index >= 15 is 0 Å². The smallest absolute Gasteiger partial charge is 0.425 e. The lowest BCUT2D eigenvalue weighted by molar-refractivity contribution is -0.198. The van der Waals surface area contributed by atoms with Gasteiger partial charge in [-0.05, 0) is 17.7 Å². The van der Waals surface area contributed by atoms with Gasteiger partial charge in [-0.2, -0.15) is 18.2 Å². The summed E-state index contributed by atoms with van der Waals surface area (Å²) in [5.74, 6) is -1.01. The van der Waals surface area contributed by atoms with Gasteiger partial charge >= 0.3 is 12.2 Å². The van der Waals surface area contributed by atoms with E-state index in [1.54, 1.807) is 29.6 Å². The number of methoxy groups -OCH3 is 1. The fourth-order valence-electron chi connectivity index (χ4n) is 3.29. The van der Waals surface area contributed by atoms with Crippen LogP contribution in [0, 0.1) is 0 Å². The molecule has 1 fully saturated rings. The number of alkyl halides is 3. The summed E-state index contributed by atoms with van der Waals surface area (Å²) in [6, 6.07) is 12.0. The number of benzene rings is 2. The molecule has 4 rings (SSSR count). The molecule has 1 saturated heterocycles. The standard InChI is InChI=1S/C20H15F3N4O4/c1-30-14-9-5-6-12(10-14)16-24-15(31-26-16)11-27-17(28)19(20(21,22)23,25-18(27)29)13-7-3-2-4-8-13/h2-10H,11H2,1H3,(H,25,29). The van der Waals surface area contributed by atoms with Gasteiger partial charge in [-0.25, -0.2) is 4.79 Å². The molecule has 1 atom stereocenters. The number of hydrogen-bond acceptors (Lipinski definition) is 6. The van der Waals surface area contributed by atoms with Crippen LogP contribution in [0.3, 0.4) is 0 Å². The van der Waals surface area contributed by atoms with Crippen molar-refractivity contribution in [3.63, 3.8) is 0 Å². The summed E-state index contributed by atoms with van der Waals surface area (Å²) in [7, 11) is 1.48. The molecule has 0 radical (unpaired) electrons. The molecule has 3 amide bonds. The number of halogens is 3. The number of urea groups is 1. The van der Waals surface area contributed by atoms with Crippen LogP contribution in [0.25, 0.3) is 11.4 Å².